The van der Waals surface area contributed by atoms with Crippen molar-refractivity contribution in [2.75, 3.05) is 0 Å². The van der Waals surface area contributed by atoms with Crippen LogP contribution in [0, 0.1) is 0 Å². The summed E-state index contributed by atoms with van der Waals surface area (Å²) in [5.74, 6) is -0.748. The van der Waals surface area contributed by atoms with Gasteiger partial charge in [0.1, 0.15) is 0 Å². The van der Waals surface area contributed by atoms with Crippen LogP contribution in [0.25, 0.3) is 6.08 Å². The van der Waals surface area contributed by atoms with E-state index in [1.54, 1.807) is 12.2 Å². The lowest BCUT2D eigenvalue weighted by Crippen LogP contribution is -2.20. The van der Waals surface area contributed by atoms with Crippen LogP contribution in [0.5, 0.6) is 0 Å². The smallest absolute Gasteiger partial charge is 0.188 e. The molecule has 4 heteroatoms. The number of nitrogens with zero attached hydrogens (tertiary/aromatic N) is 1. The lowest BCUT2D eigenvalue weighted by Gasteiger charge is -2.16. The molecule has 4 nitrogen and oxygen atoms in total. The zero-order chi connectivity index (χ0) is 12.0. The Morgan fingerprint density at radius 2 is 1.71 bits per heavy atom. The van der Waals surface area contributed by atoms with Crippen LogP contribution >= 0.6 is 0 Å². The molecule has 1 heterocycles. The largest absolute Gasteiger partial charge is 0.294 e. The first-order chi connectivity index (χ1) is 8.18. The molecule has 0 saturated carbocycles. The second-order valence-electron chi connectivity index (χ2n) is 3.90. The molecule has 3 rings (SSSR count). The molecule has 0 N–H and O–H groups in total. The highest BCUT2D eigenvalue weighted by molar-refractivity contribution is 6.26. The molecule has 17 heavy (non-hydrogen) atoms. The maximum atomic E-state index is 11.8. The summed E-state index contributed by atoms with van der Waals surface area (Å²) in [5.41, 5.74) is 1.18. The lowest BCUT2D eigenvalue weighted by atomic mass is 9.87. The number of aromatic nitrogens is 1. The minimum absolute atomic E-state index is 0.164. The van der Waals surface area contributed by atoms with Crippen molar-refractivity contribution in [1.29, 1.82) is 0 Å². The molecule has 0 spiro atoms. The predicted octanol–water partition coefficient (Wildman–Crippen LogP) is 1.62. The third kappa shape index (κ3) is 1.30. The molecular weight excluding hydrogens is 218 g/mol. The molecule has 0 aromatic carbocycles. The average Bonchev–Trinajstić information content (AvgIpc) is 2.33. The summed E-state index contributed by atoms with van der Waals surface area (Å²) in [7, 11) is 0. The monoisotopic (exact) mass is 225 g/mol. The first-order valence-electron chi connectivity index (χ1n) is 5.18. The van der Waals surface area contributed by atoms with Gasteiger partial charge in [-0.3, -0.25) is 19.4 Å². The molecule has 0 atom stereocenters. The molecule has 0 fully saturated rings. The number of hydrogen-bond acceptors (Lipinski definition) is 4. The van der Waals surface area contributed by atoms with E-state index in [0.717, 1.165) is 0 Å². The van der Waals surface area contributed by atoms with Crippen molar-refractivity contribution in [3.8, 4) is 0 Å². The second kappa shape index (κ2) is 3.31. The molecule has 1 aromatic heterocycles. The number of ketones is 3. The Morgan fingerprint density at radius 1 is 0.941 bits per heavy atom. The fraction of sp³-hybridized carbons (Fsp3) is 0.0769. The Hall–Kier alpha value is -2.36. The van der Waals surface area contributed by atoms with Crippen LogP contribution in [0.15, 0.2) is 24.4 Å². The van der Waals surface area contributed by atoms with Crippen molar-refractivity contribution in [1.82, 2.24) is 4.98 Å². The highest BCUT2D eigenvalue weighted by Crippen LogP contribution is 2.27. The van der Waals surface area contributed by atoms with Gasteiger partial charge in [-0.1, -0.05) is 6.08 Å². The molecule has 0 bridgehead atoms. The predicted molar refractivity (Wildman–Crippen MR) is 60.0 cm³/mol. The zero-order valence-electron chi connectivity index (χ0n) is 8.77. The quantitative estimate of drug-likeness (QED) is 0.673. The van der Waals surface area contributed by atoms with Crippen molar-refractivity contribution in [3.63, 3.8) is 0 Å². The van der Waals surface area contributed by atoms with Crippen LogP contribution in [0.1, 0.15) is 43.2 Å². The van der Waals surface area contributed by atoms with Gasteiger partial charge in [0.05, 0.1) is 16.8 Å². The summed E-state index contributed by atoms with van der Waals surface area (Å²) in [6, 6.07) is 0. The van der Waals surface area contributed by atoms with Gasteiger partial charge in [0.15, 0.2) is 17.3 Å². The van der Waals surface area contributed by atoms with Crippen molar-refractivity contribution < 1.29 is 14.4 Å². The van der Waals surface area contributed by atoms with Crippen LogP contribution in [0.3, 0.4) is 0 Å². The van der Waals surface area contributed by atoms with Gasteiger partial charge in [0.2, 0.25) is 0 Å². The summed E-state index contributed by atoms with van der Waals surface area (Å²) in [4.78, 5) is 39.3. The number of hydrogen-bond donors (Lipinski definition) is 0. The maximum Gasteiger partial charge on any atom is 0.188 e. The summed E-state index contributed by atoms with van der Waals surface area (Å²) >= 11 is 0. The summed E-state index contributed by atoms with van der Waals surface area (Å²) < 4.78 is 0. The lowest BCUT2D eigenvalue weighted by molar-refractivity contribution is 0.0969. The molecule has 0 unspecified atom stereocenters. The van der Waals surface area contributed by atoms with E-state index in [-0.39, 0.29) is 40.5 Å². The first kappa shape index (κ1) is 9.84. The Kier molecular flexibility index (Phi) is 1.92. The van der Waals surface area contributed by atoms with Crippen LogP contribution < -0.4 is 0 Å². The van der Waals surface area contributed by atoms with Crippen LogP contribution in [0.4, 0.5) is 0 Å². The Morgan fingerprint density at radius 3 is 2.53 bits per heavy atom. The maximum absolute atomic E-state index is 11.8. The van der Waals surface area contributed by atoms with E-state index in [1.807, 2.05) is 0 Å². The molecule has 82 valence electrons. The van der Waals surface area contributed by atoms with E-state index in [1.165, 1.54) is 18.3 Å². The SMILES string of the molecule is O=C1C=CC(=O)c2c1cnc1c2C(=O)CC=C1. The molecule has 2 aliphatic rings. The molecule has 1 aromatic rings. The van der Waals surface area contributed by atoms with Crippen molar-refractivity contribution in [2.45, 2.75) is 6.42 Å². The van der Waals surface area contributed by atoms with Crippen molar-refractivity contribution in [2.24, 2.45) is 0 Å². The highest BCUT2D eigenvalue weighted by atomic mass is 16.1. The second-order valence-corrected chi connectivity index (χ2v) is 3.90. The van der Waals surface area contributed by atoms with E-state index < -0.39 is 0 Å². The number of allylic oxidation sites excluding steroid dienone is 3. The minimum atomic E-state index is -0.304. The molecule has 0 amide bonds. The van der Waals surface area contributed by atoms with Crippen LogP contribution in [-0.2, 0) is 0 Å². The van der Waals surface area contributed by atoms with Gasteiger partial charge < -0.3 is 0 Å². The van der Waals surface area contributed by atoms with Gasteiger partial charge in [-0.25, -0.2) is 0 Å². The molecule has 0 aliphatic heterocycles. The van der Waals surface area contributed by atoms with Crippen LogP contribution in [-0.4, -0.2) is 22.3 Å². The summed E-state index contributed by atoms with van der Waals surface area (Å²) in [5, 5.41) is 0. The molecule has 0 radical (unpaired) electrons. The van der Waals surface area contributed by atoms with Gasteiger partial charge >= 0.3 is 0 Å². The summed E-state index contributed by atoms with van der Waals surface area (Å²) in [6.07, 6.45) is 7.43. The van der Waals surface area contributed by atoms with E-state index in [0.29, 0.717) is 5.69 Å². The number of fused-ring (bicyclic) bond motifs is 3. The number of pyridine rings is 1. The van der Waals surface area contributed by atoms with Crippen molar-refractivity contribution >= 4 is 23.4 Å². The zero-order valence-corrected chi connectivity index (χ0v) is 8.77. The van der Waals surface area contributed by atoms with E-state index in [9.17, 15) is 14.4 Å². The normalized spacial score (nSPS) is 17.1. The van der Waals surface area contributed by atoms with Gasteiger partial charge in [0.25, 0.3) is 0 Å². The van der Waals surface area contributed by atoms with Crippen molar-refractivity contribution in [3.05, 3.63) is 46.8 Å². The molecule has 0 saturated heterocycles. The Bertz CT molecular complexity index is 638. The molecular formula is C13H7NO3. The Labute approximate surface area is 96.7 Å². The van der Waals surface area contributed by atoms with Crippen LogP contribution in [0.2, 0.25) is 0 Å². The third-order valence-electron chi connectivity index (χ3n) is 2.86. The van der Waals surface area contributed by atoms with Gasteiger partial charge in [-0.05, 0) is 18.2 Å². The van der Waals surface area contributed by atoms with Gasteiger partial charge in [0, 0.05) is 18.2 Å². The first-order valence-corrected chi connectivity index (χ1v) is 5.18. The topological polar surface area (TPSA) is 64.1 Å². The third-order valence-corrected chi connectivity index (χ3v) is 2.86. The van der Waals surface area contributed by atoms with E-state index in [2.05, 4.69) is 4.98 Å². The summed E-state index contributed by atoms with van der Waals surface area (Å²) in [6.45, 7) is 0. The van der Waals surface area contributed by atoms with Gasteiger partial charge in [-0.2, -0.15) is 0 Å². The fourth-order valence-corrected chi connectivity index (χ4v) is 2.08. The average molecular weight is 225 g/mol. The standard InChI is InChI=1S/C13H7NO3/c15-9-4-5-11(17)12-7(9)6-14-8-2-1-3-10(16)13(8)12/h1-2,4-6H,3H2. The number of carbonyl (C=O) groups is 3. The van der Waals surface area contributed by atoms with Gasteiger partial charge in [-0.15, -0.1) is 0 Å². The number of carbonyl (C=O) groups excluding carboxylic acids is 3. The minimum Gasteiger partial charge on any atom is -0.294 e. The Balaban J connectivity index is 2.39. The molecule has 2 aliphatic carbocycles. The van der Waals surface area contributed by atoms with E-state index >= 15 is 0 Å². The van der Waals surface area contributed by atoms with E-state index in [4.69, 9.17) is 0 Å². The highest BCUT2D eigenvalue weighted by Gasteiger charge is 2.28. The fourth-order valence-electron chi connectivity index (χ4n) is 2.08. The number of rotatable bonds is 0. The number of Topliss-reactive ketones (excluding diaryl/α,β-unsaturated/α-hetero) is 1.